The van der Waals surface area contributed by atoms with E-state index in [0.29, 0.717) is 53.8 Å². The second-order valence-corrected chi connectivity index (χ2v) is 15.6. The first-order chi connectivity index (χ1) is 23.0. The van der Waals surface area contributed by atoms with Crippen molar-refractivity contribution in [1.82, 2.24) is 29.6 Å². The maximum Gasteiger partial charge on any atom is 0.261 e. The van der Waals surface area contributed by atoms with Crippen LogP contribution in [-0.4, -0.2) is 95.2 Å². The largest absolute Gasteiger partial charge is 0.340 e. The first-order valence-corrected chi connectivity index (χ1v) is 18.1. The molecule has 10 heteroatoms. The van der Waals surface area contributed by atoms with Gasteiger partial charge in [0.15, 0.2) is 5.96 Å². The Morgan fingerprint density at radius 3 is 2.51 bits per heavy atom. The standard InChI is InChI=1S/C38H53FN8O.CH4/c1-25-23-46(15-13-40-25)37(43-33-21-28-20-32(26(33)2)38(28,3)4)41-30-10-11-31-34(22-30)42-35(24-45-18-16-44(5)17-19-45)47(36(31)48)14-12-27-6-8-29(39)9-7-27;/h6-11,22,25-26,28,32-33,40H,12-21,23-24H2,1-5H3,(H,41,43);1H4/t25-,26-,28+,32-,33-;/m0./s1. The van der Waals surface area contributed by atoms with Crippen LogP contribution in [0.2, 0.25) is 0 Å². The molecular weight excluding hydrogens is 615 g/mol. The molecule has 0 radical (unpaired) electrons. The Morgan fingerprint density at radius 2 is 1.82 bits per heavy atom. The molecule has 2 bridgehead atoms. The predicted molar refractivity (Wildman–Crippen MR) is 199 cm³/mol. The number of halogens is 1. The summed E-state index contributed by atoms with van der Waals surface area (Å²) in [5.74, 6) is 3.47. The van der Waals surface area contributed by atoms with Gasteiger partial charge in [-0.3, -0.25) is 14.3 Å². The summed E-state index contributed by atoms with van der Waals surface area (Å²) in [6, 6.07) is 13.2. The summed E-state index contributed by atoms with van der Waals surface area (Å²) in [6.07, 6.45) is 3.11. The summed E-state index contributed by atoms with van der Waals surface area (Å²) in [7, 11) is 2.15. The lowest BCUT2D eigenvalue weighted by Crippen LogP contribution is -2.57. The number of anilines is 1. The van der Waals surface area contributed by atoms with Crippen molar-refractivity contribution in [3.05, 3.63) is 70.0 Å². The Balaban J connectivity index is 0.00000417. The van der Waals surface area contributed by atoms with E-state index in [4.69, 9.17) is 9.98 Å². The van der Waals surface area contributed by atoms with Gasteiger partial charge in [-0.05, 0) is 92.3 Å². The summed E-state index contributed by atoms with van der Waals surface area (Å²) in [5, 5.41) is 7.91. The van der Waals surface area contributed by atoms with Gasteiger partial charge in [0.05, 0.1) is 23.5 Å². The molecule has 5 fully saturated rings. The van der Waals surface area contributed by atoms with Gasteiger partial charge in [-0.15, -0.1) is 0 Å². The van der Waals surface area contributed by atoms with Crippen LogP contribution in [0.15, 0.2) is 52.3 Å². The van der Waals surface area contributed by atoms with E-state index >= 15 is 0 Å². The molecule has 2 saturated heterocycles. The minimum absolute atomic E-state index is 0. The van der Waals surface area contributed by atoms with Crippen molar-refractivity contribution in [3.8, 4) is 0 Å². The minimum Gasteiger partial charge on any atom is -0.340 e. The van der Waals surface area contributed by atoms with Crippen LogP contribution in [0, 0.1) is 29.0 Å². The van der Waals surface area contributed by atoms with E-state index in [9.17, 15) is 9.18 Å². The lowest BCUT2D eigenvalue weighted by Gasteiger charge is -2.61. The van der Waals surface area contributed by atoms with Gasteiger partial charge < -0.3 is 20.4 Å². The molecule has 5 atom stereocenters. The number of nitrogens with one attached hydrogen (secondary N) is 2. The predicted octanol–water partition coefficient (Wildman–Crippen LogP) is 5.29. The summed E-state index contributed by atoms with van der Waals surface area (Å²) >= 11 is 0. The van der Waals surface area contributed by atoms with Gasteiger partial charge in [0.2, 0.25) is 0 Å². The molecule has 0 spiro atoms. The maximum atomic E-state index is 14.1. The number of rotatable bonds is 7. The number of aromatic nitrogens is 2. The second kappa shape index (κ2) is 14.5. The van der Waals surface area contributed by atoms with E-state index in [1.807, 2.05) is 22.8 Å². The van der Waals surface area contributed by atoms with E-state index in [2.05, 4.69) is 60.1 Å². The Hall–Kier alpha value is -3.34. The van der Waals surface area contributed by atoms with Crippen LogP contribution in [0.1, 0.15) is 59.4 Å². The molecule has 3 aromatic rings. The molecule has 3 aliphatic carbocycles. The van der Waals surface area contributed by atoms with E-state index in [1.54, 1.807) is 12.1 Å². The van der Waals surface area contributed by atoms with Gasteiger partial charge >= 0.3 is 0 Å². The van der Waals surface area contributed by atoms with E-state index < -0.39 is 0 Å². The van der Waals surface area contributed by atoms with Crippen molar-refractivity contribution in [2.24, 2.45) is 28.2 Å². The second-order valence-electron chi connectivity index (χ2n) is 15.6. The van der Waals surface area contributed by atoms with E-state index in [1.165, 1.54) is 18.6 Å². The molecule has 9 nitrogen and oxygen atoms in total. The highest BCUT2D eigenvalue weighted by Gasteiger charge is 2.56. The van der Waals surface area contributed by atoms with Gasteiger partial charge in [0.1, 0.15) is 11.6 Å². The van der Waals surface area contributed by atoms with Gasteiger partial charge in [-0.1, -0.05) is 40.3 Å². The SMILES string of the molecule is C.C[C@@H]1[C@@H](N=C(Nc2ccc3c(=O)n(CCc4ccc(F)cc4)c(CN4CCN(C)CC4)nc3c2)N2CCN[C@@H](C)C2)C[C@H]2C[C@@H]1C2(C)C. The molecule has 3 saturated carbocycles. The number of guanidine groups is 1. The average molecular weight is 673 g/mol. The molecular formula is C39H57FN8O. The van der Waals surface area contributed by atoms with Crippen LogP contribution in [0.5, 0.6) is 0 Å². The Labute approximate surface area is 292 Å². The average Bonchev–Trinajstić information content (AvgIpc) is 3.06. The van der Waals surface area contributed by atoms with Crippen molar-refractivity contribution in [2.75, 3.05) is 58.2 Å². The molecule has 8 rings (SSSR count). The molecule has 2 aliphatic heterocycles. The van der Waals surface area contributed by atoms with Crippen molar-refractivity contribution in [1.29, 1.82) is 0 Å². The van der Waals surface area contributed by atoms with Crippen LogP contribution in [0.3, 0.4) is 0 Å². The molecule has 266 valence electrons. The third kappa shape index (κ3) is 7.42. The topological polar surface area (TPSA) is 81.0 Å². The Kier molecular flexibility index (Phi) is 10.5. The van der Waals surface area contributed by atoms with Crippen molar-refractivity contribution >= 4 is 22.5 Å². The van der Waals surface area contributed by atoms with E-state index in [-0.39, 0.29) is 18.8 Å². The zero-order valence-corrected chi connectivity index (χ0v) is 29.4. The fraction of sp³-hybridized carbons (Fsp3) is 0.615. The number of hydrogen-bond donors (Lipinski definition) is 2. The smallest absolute Gasteiger partial charge is 0.261 e. The number of hydrogen-bond acceptors (Lipinski definition) is 6. The summed E-state index contributed by atoms with van der Waals surface area (Å²) in [6.45, 7) is 17.2. The van der Waals surface area contributed by atoms with Gasteiger partial charge in [-0.25, -0.2) is 14.4 Å². The molecule has 2 N–H and O–H groups in total. The highest BCUT2D eigenvalue weighted by atomic mass is 19.1. The third-order valence-electron chi connectivity index (χ3n) is 12.1. The van der Waals surface area contributed by atoms with E-state index in [0.717, 1.165) is 87.1 Å². The summed E-state index contributed by atoms with van der Waals surface area (Å²) in [5.41, 5.74) is 2.99. The monoisotopic (exact) mass is 672 g/mol. The number of nitrogens with zero attached hydrogens (tertiary/aromatic N) is 6. The molecule has 5 aliphatic rings. The van der Waals surface area contributed by atoms with Crippen LogP contribution in [-0.2, 0) is 19.5 Å². The normalized spacial score (nSPS) is 27.4. The zero-order valence-electron chi connectivity index (χ0n) is 29.4. The number of fused-ring (bicyclic) bond motifs is 3. The number of benzene rings is 2. The molecule has 0 amide bonds. The highest BCUT2D eigenvalue weighted by Crippen LogP contribution is 2.61. The van der Waals surface area contributed by atoms with Crippen molar-refractivity contribution in [3.63, 3.8) is 0 Å². The third-order valence-corrected chi connectivity index (χ3v) is 12.1. The maximum absolute atomic E-state index is 14.1. The lowest BCUT2D eigenvalue weighted by atomic mass is 9.45. The van der Waals surface area contributed by atoms with Gasteiger partial charge in [0.25, 0.3) is 5.56 Å². The highest BCUT2D eigenvalue weighted by molar-refractivity contribution is 5.96. The summed E-state index contributed by atoms with van der Waals surface area (Å²) < 4.78 is 15.4. The minimum atomic E-state index is -0.253. The number of piperazine rings is 2. The quantitative estimate of drug-likeness (QED) is 0.261. The first-order valence-electron chi connectivity index (χ1n) is 18.1. The molecule has 49 heavy (non-hydrogen) atoms. The van der Waals surface area contributed by atoms with Crippen LogP contribution in [0.4, 0.5) is 10.1 Å². The molecule has 2 aromatic carbocycles. The number of likely N-dealkylation sites (N-methyl/N-ethyl adjacent to an activating group) is 1. The molecule has 0 unspecified atom stereocenters. The Morgan fingerprint density at radius 1 is 1.06 bits per heavy atom. The fourth-order valence-electron chi connectivity index (χ4n) is 8.69. The van der Waals surface area contributed by atoms with Crippen LogP contribution >= 0.6 is 0 Å². The number of aliphatic imine (C=N–C) groups is 1. The molecule has 3 heterocycles. The van der Waals surface area contributed by atoms with Crippen molar-refractivity contribution < 1.29 is 4.39 Å². The Bertz CT molecular complexity index is 1700. The van der Waals surface area contributed by atoms with Crippen LogP contribution in [0.25, 0.3) is 10.9 Å². The van der Waals surface area contributed by atoms with Crippen molar-refractivity contribution in [2.45, 2.75) is 79.6 Å². The van der Waals surface area contributed by atoms with Crippen LogP contribution < -0.4 is 16.2 Å². The fourth-order valence-corrected chi connectivity index (χ4v) is 8.69. The van der Waals surface area contributed by atoms with Gasteiger partial charge in [-0.2, -0.15) is 0 Å². The zero-order chi connectivity index (χ0) is 33.6. The lowest BCUT2D eigenvalue weighted by molar-refractivity contribution is -0.108. The molecule has 1 aromatic heterocycles. The van der Waals surface area contributed by atoms with Gasteiger partial charge in [0, 0.05) is 64.1 Å². The summed E-state index contributed by atoms with van der Waals surface area (Å²) in [4.78, 5) is 31.9. The number of aryl methyl sites for hydroxylation is 1. The first kappa shape index (κ1) is 35.5.